The first kappa shape index (κ1) is 15.9. The van der Waals surface area contributed by atoms with Gasteiger partial charge in [0.25, 0.3) is 0 Å². The number of carboxylic acid groups (broad SMARTS) is 2. The maximum Gasteiger partial charge on any atom is 0.317 e. The molecule has 4 heteroatoms. The largest absolute Gasteiger partial charge is 0.481 e. The van der Waals surface area contributed by atoms with Gasteiger partial charge in [-0.15, -0.1) is 0 Å². The lowest BCUT2D eigenvalue weighted by Crippen LogP contribution is -2.26. The second-order valence-electron chi connectivity index (χ2n) is 4.59. The topological polar surface area (TPSA) is 74.6 Å². The van der Waals surface area contributed by atoms with E-state index in [4.69, 9.17) is 10.2 Å². The molecule has 0 bridgehead atoms. The third-order valence-corrected chi connectivity index (χ3v) is 3.21. The second kappa shape index (κ2) is 9.02. The molecule has 1 unspecified atom stereocenters. The molecule has 0 aromatic carbocycles. The second-order valence-corrected chi connectivity index (χ2v) is 4.59. The Hall–Kier alpha value is -1.06. The lowest BCUT2D eigenvalue weighted by molar-refractivity contribution is -0.155. The van der Waals surface area contributed by atoms with Crippen LogP contribution in [0.1, 0.15) is 58.8 Å². The van der Waals surface area contributed by atoms with Gasteiger partial charge in [0.05, 0.1) is 0 Å². The summed E-state index contributed by atoms with van der Waals surface area (Å²) in [4.78, 5) is 21.6. The fourth-order valence-corrected chi connectivity index (χ4v) is 1.99. The van der Waals surface area contributed by atoms with Crippen LogP contribution in [0.25, 0.3) is 0 Å². The molecule has 0 aromatic rings. The van der Waals surface area contributed by atoms with Crippen molar-refractivity contribution in [1.29, 1.82) is 0 Å². The smallest absolute Gasteiger partial charge is 0.317 e. The zero-order valence-electron chi connectivity index (χ0n) is 10.8. The Morgan fingerprint density at radius 1 is 1.00 bits per heavy atom. The minimum Gasteiger partial charge on any atom is -0.481 e. The Morgan fingerprint density at radius 2 is 1.59 bits per heavy atom. The van der Waals surface area contributed by atoms with Crippen molar-refractivity contribution in [3.8, 4) is 0 Å². The molecule has 0 saturated carbocycles. The molecule has 100 valence electrons. The van der Waals surface area contributed by atoms with E-state index >= 15 is 0 Å². The van der Waals surface area contributed by atoms with Gasteiger partial charge in [-0.2, -0.15) is 0 Å². The molecule has 17 heavy (non-hydrogen) atoms. The summed E-state index contributed by atoms with van der Waals surface area (Å²) < 4.78 is 0. The van der Waals surface area contributed by atoms with Crippen molar-refractivity contribution in [1.82, 2.24) is 0 Å². The third-order valence-electron chi connectivity index (χ3n) is 3.21. The van der Waals surface area contributed by atoms with Crippen molar-refractivity contribution in [2.45, 2.75) is 58.8 Å². The predicted octanol–water partition coefficient (Wildman–Crippen LogP) is 3.16. The van der Waals surface area contributed by atoms with Gasteiger partial charge in [-0.3, -0.25) is 9.59 Å². The van der Waals surface area contributed by atoms with Gasteiger partial charge >= 0.3 is 11.9 Å². The van der Waals surface area contributed by atoms with E-state index in [0.717, 1.165) is 25.7 Å². The van der Waals surface area contributed by atoms with Crippen LogP contribution >= 0.6 is 0 Å². The summed E-state index contributed by atoms with van der Waals surface area (Å²) in [7, 11) is 0. The van der Waals surface area contributed by atoms with Gasteiger partial charge in [0, 0.05) is 0 Å². The highest BCUT2D eigenvalue weighted by Gasteiger charge is 2.28. The van der Waals surface area contributed by atoms with E-state index in [1.165, 1.54) is 12.8 Å². The molecule has 0 radical (unpaired) electrons. The minimum atomic E-state index is -1.24. The molecule has 0 spiro atoms. The molecular formula is C13H24O4. The van der Waals surface area contributed by atoms with Crippen LogP contribution < -0.4 is 0 Å². The summed E-state index contributed by atoms with van der Waals surface area (Å²) in [6.07, 6.45) is 6.63. The van der Waals surface area contributed by atoms with Crippen LogP contribution in [0.5, 0.6) is 0 Å². The zero-order chi connectivity index (χ0) is 13.3. The summed E-state index contributed by atoms with van der Waals surface area (Å²) in [5, 5.41) is 17.6. The van der Waals surface area contributed by atoms with Crippen LogP contribution in [0.4, 0.5) is 0 Å². The molecule has 4 nitrogen and oxygen atoms in total. The monoisotopic (exact) mass is 244 g/mol. The van der Waals surface area contributed by atoms with Gasteiger partial charge in [0.1, 0.15) is 0 Å². The first-order chi connectivity index (χ1) is 8.02. The van der Waals surface area contributed by atoms with Crippen LogP contribution in [0.15, 0.2) is 0 Å². The number of hydrogen-bond donors (Lipinski definition) is 2. The summed E-state index contributed by atoms with van der Waals surface area (Å²) in [6.45, 7) is 4.13. The normalized spacial score (nSPS) is 12.6. The van der Waals surface area contributed by atoms with Crippen molar-refractivity contribution < 1.29 is 19.8 Å². The van der Waals surface area contributed by atoms with Crippen molar-refractivity contribution in [3.63, 3.8) is 0 Å². The lowest BCUT2D eigenvalue weighted by Gasteiger charge is -2.17. The molecule has 0 saturated heterocycles. The van der Waals surface area contributed by atoms with Crippen molar-refractivity contribution in [2.24, 2.45) is 11.8 Å². The predicted molar refractivity (Wildman–Crippen MR) is 65.9 cm³/mol. The molecule has 0 amide bonds. The number of hydrogen-bond acceptors (Lipinski definition) is 2. The number of carbonyl (C=O) groups is 2. The quantitative estimate of drug-likeness (QED) is 0.457. The van der Waals surface area contributed by atoms with E-state index in [1.807, 2.05) is 6.92 Å². The van der Waals surface area contributed by atoms with E-state index < -0.39 is 17.9 Å². The molecule has 1 atom stereocenters. The molecule has 0 rings (SSSR count). The van der Waals surface area contributed by atoms with Crippen molar-refractivity contribution in [2.75, 3.05) is 0 Å². The summed E-state index contributed by atoms with van der Waals surface area (Å²) >= 11 is 0. The van der Waals surface area contributed by atoms with E-state index in [-0.39, 0.29) is 12.3 Å². The van der Waals surface area contributed by atoms with Gasteiger partial charge < -0.3 is 10.2 Å². The molecule has 0 heterocycles. The molecule has 0 aliphatic rings. The Kier molecular flexibility index (Phi) is 8.46. The van der Waals surface area contributed by atoms with Crippen LogP contribution in [-0.4, -0.2) is 22.2 Å². The highest BCUT2D eigenvalue weighted by Crippen LogP contribution is 2.22. The third kappa shape index (κ3) is 6.97. The number of aliphatic carboxylic acids is 2. The zero-order valence-corrected chi connectivity index (χ0v) is 10.8. The van der Waals surface area contributed by atoms with Crippen LogP contribution in [-0.2, 0) is 9.59 Å². The van der Waals surface area contributed by atoms with Gasteiger partial charge in [-0.25, -0.2) is 0 Å². The molecule has 2 N–H and O–H groups in total. The highest BCUT2D eigenvalue weighted by atomic mass is 16.4. The minimum absolute atomic E-state index is 0.212. The van der Waals surface area contributed by atoms with Gasteiger partial charge in [0.15, 0.2) is 5.92 Å². The Bertz CT molecular complexity index is 224. The Labute approximate surface area is 103 Å². The standard InChI is InChI=1S/C13H24O4/c1-3-5-6-7-8-10(4-2)9-11(12(14)15)13(16)17/h10-11H,3-9H2,1-2H3,(H,14,15)(H,16,17). The number of unbranched alkanes of at least 4 members (excludes halogenated alkanes) is 3. The summed E-state index contributed by atoms with van der Waals surface area (Å²) in [5.41, 5.74) is 0. The fourth-order valence-electron chi connectivity index (χ4n) is 1.99. The van der Waals surface area contributed by atoms with Crippen molar-refractivity contribution >= 4 is 11.9 Å². The van der Waals surface area contributed by atoms with Crippen LogP contribution in [0, 0.1) is 11.8 Å². The molecule has 0 aliphatic carbocycles. The maximum atomic E-state index is 10.8. The Morgan fingerprint density at radius 3 is 2.00 bits per heavy atom. The summed E-state index contributed by atoms with van der Waals surface area (Å²) in [6, 6.07) is 0. The first-order valence-electron chi connectivity index (χ1n) is 6.48. The van der Waals surface area contributed by atoms with E-state index in [9.17, 15) is 9.59 Å². The molecule has 0 aromatic heterocycles. The number of carboxylic acids is 2. The lowest BCUT2D eigenvalue weighted by atomic mass is 9.88. The van der Waals surface area contributed by atoms with Gasteiger partial charge in [0.2, 0.25) is 0 Å². The molecule has 0 aliphatic heterocycles. The van der Waals surface area contributed by atoms with Crippen LogP contribution in [0.2, 0.25) is 0 Å². The molecular weight excluding hydrogens is 220 g/mol. The number of rotatable bonds is 10. The van der Waals surface area contributed by atoms with Gasteiger partial charge in [-0.1, -0.05) is 52.4 Å². The summed E-state index contributed by atoms with van der Waals surface area (Å²) in [5.74, 6) is -3.47. The van der Waals surface area contributed by atoms with Gasteiger partial charge in [-0.05, 0) is 12.3 Å². The molecule has 0 fully saturated rings. The van der Waals surface area contributed by atoms with E-state index in [1.54, 1.807) is 0 Å². The van der Waals surface area contributed by atoms with Crippen LogP contribution in [0.3, 0.4) is 0 Å². The average Bonchev–Trinajstić information content (AvgIpc) is 2.27. The average molecular weight is 244 g/mol. The fraction of sp³-hybridized carbons (Fsp3) is 0.846. The van der Waals surface area contributed by atoms with Crippen molar-refractivity contribution in [3.05, 3.63) is 0 Å². The highest BCUT2D eigenvalue weighted by molar-refractivity contribution is 5.92. The first-order valence-corrected chi connectivity index (χ1v) is 6.48. The Balaban J connectivity index is 4.08. The van der Waals surface area contributed by atoms with E-state index in [0.29, 0.717) is 0 Å². The SMILES string of the molecule is CCCCCCC(CC)CC(C(=O)O)C(=O)O. The van der Waals surface area contributed by atoms with E-state index in [2.05, 4.69) is 6.92 Å². The maximum absolute atomic E-state index is 10.8.